The molecule has 0 spiro atoms. The molecule has 8 nitrogen and oxygen atoms in total. The van der Waals surface area contributed by atoms with E-state index in [0.29, 0.717) is 10.6 Å². The number of pyridine rings is 1. The van der Waals surface area contributed by atoms with Crippen LogP contribution in [-0.2, 0) is 6.54 Å². The number of nitrogens with one attached hydrogen (secondary N) is 1. The Morgan fingerprint density at radius 2 is 1.93 bits per heavy atom. The fourth-order valence-corrected chi connectivity index (χ4v) is 2.79. The summed E-state index contributed by atoms with van der Waals surface area (Å²) in [6.45, 7) is 0.270. The molecule has 3 rings (SSSR count). The summed E-state index contributed by atoms with van der Waals surface area (Å²) in [6, 6.07) is 15.8. The van der Waals surface area contributed by atoms with Gasteiger partial charge in [0.2, 0.25) is 0 Å². The molecule has 1 N–H and O–H groups in total. The molecule has 0 saturated carbocycles. The second-order valence-electron chi connectivity index (χ2n) is 6.03. The Labute approximate surface area is 170 Å². The molecule has 0 fully saturated rings. The molecule has 0 bridgehead atoms. The molecular weight excluding hydrogens is 396 g/mol. The van der Waals surface area contributed by atoms with Crippen molar-refractivity contribution in [2.45, 2.75) is 6.54 Å². The molecule has 1 aromatic heterocycles. The third kappa shape index (κ3) is 5.14. The molecule has 0 unspecified atom stereocenters. The summed E-state index contributed by atoms with van der Waals surface area (Å²) < 4.78 is 1.40. The highest BCUT2D eigenvalue weighted by atomic mass is 35.5. The van der Waals surface area contributed by atoms with Crippen LogP contribution in [-0.4, -0.2) is 21.6 Å². The number of carbonyl (C=O) groups excluding carboxylic acids is 1. The van der Waals surface area contributed by atoms with Gasteiger partial charge < -0.3 is 4.57 Å². The third-order valence-corrected chi connectivity index (χ3v) is 4.23. The van der Waals surface area contributed by atoms with Crippen molar-refractivity contribution in [3.63, 3.8) is 0 Å². The minimum Gasteiger partial charge on any atom is -0.310 e. The van der Waals surface area contributed by atoms with E-state index in [9.17, 15) is 19.7 Å². The summed E-state index contributed by atoms with van der Waals surface area (Å²) in [6.07, 6.45) is 2.91. The van der Waals surface area contributed by atoms with Crippen LogP contribution in [0.5, 0.6) is 0 Å². The molecule has 0 aliphatic heterocycles. The lowest BCUT2D eigenvalue weighted by atomic mass is 10.2. The van der Waals surface area contributed by atoms with Gasteiger partial charge in [0.15, 0.2) is 0 Å². The number of rotatable bonds is 6. The van der Waals surface area contributed by atoms with Crippen LogP contribution in [0.2, 0.25) is 5.02 Å². The number of hydrazone groups is 1. The Morgan fingerprint density at radius 3 is 2.62 bits per heavy atom. The van der Waals surface area contributed by atoms with Gasteiger partial charge >= 0.3 is 0 Å². The van der Waals surface area contributed by atoms with Gasteiger partial charge in [0.1, 0.15) is 5.56 Å². The van der Waals surface area contributed by atoms with Gasteiger partial charge in [-0.2, -0.15) is 5.10 Å². The van der Waals surface area contributed by atoms with Gasteiger partial charge in [-0.05, 0) is 47.5 Å². The van der Waals surface area contributed by atoms with Crippen molar-refractivity contribution in [1.29, 1.82) is 0 Å². The van der Waals surface area contributed by atoms with Gasteiger partial charge in [0, 0.05) is 23.4 Å². The summed E-state index contributed by atoms with van der Waals surface area (Å²) in [5.41, 5.74) is 3.10. The van der Waals surface area contributed by atoms with Crippen LogP contribution in [0.25, 0.3) is 0 Å². The second kappa shape index (κ2) is 8.94. The molecule has 0 saturated heterocycles. The maximum Gasteiger partial charge on any atom is 0.276 e. The summed E-state index contributed by atoms with van der Waals surface area (Å²) in [5.74, 6) is -0.659. The summed E-state index contributed by atoms with van der Waals surface area (Å²) in [7, 11) is 0. The number of benzene rings is 2. The standard InChI is InChI=1S/C20H15ClN4O4/c21-16-4-1-3-15(11-16)13-24-10-2-5-18(20(24)27)19(26)23-22-12-14-6-8-17(9-7-14)25(28)29/h1-12H,13H2,(H,23,26)/b22-12-. The highest BCUT2D eigenvalue weighted by Gasteiger charge is 2.12. The normalized spacial score (nSPS) is 10.8. The van der Waals surface area contributed by atoms with Crippen LogP contribution in [0.15, 0.2) is 76.8 Å². The summed E-state index contributed by atoms with van der Waals surface area (Å²) >= 11 is 5.96. The first kappa shape index (κ1) is 20.0. The van der Waals surface area contributed by atoms with E-state index in [0.717, 1.165) is 5.56 Å². The van der Waals surface area contributed by atoms with Gasteiger partial charge in [-0.15, -0.1) is 0 Å². The molecule has 0 aliphatic rings. The number of non-ortho nitro benzene ring substituents is 1. The Balaban J connectivity index is 1.71. The highest BCUT2D eigenvalue weighted by Crippen LogP contribution is 2.12. The van der Waals surface area contributed by atoms with E-state index in [1.54, 1.807) is 30.5 Å². The fourth-order valence-electron chi connectivity index (χ4n) is 2.57. The predicted molar refractivity (Wildman–Crippen MR) is 109 cm³/mol. The molecule has 1 heterocycles. The van der Waals surface area contributed by atoms with E-state index < -0.39 is 16.4 Å². The number of amides is 1. The van der Waals surface area contributed by atoms with Crippen LogP contribution in [0, 0.1) is 10.1 Å². The van der Waals surface area contributed by atoms with Crippen molar-refractivity contribution >= 4 is 29.4 Å². The predicted octanol–water partition coefficient (Wildman–Crippen LogP) is 3.22. The molecule has 0 radical (unpaired) electrons. The topological polar surface area (TPSA) is 107 Å². The first-order valence-corrected chi connectivity index (χ1v) is 8.83. The van der Waals surface area contributed by atoms with Gasteiger partial charge in [0.05, 0.1) is 17.7 Å². The molecular formula is C20H15ClN4O4. The van der Waals surface area contributed by atoms with Gasteiger partial charge in [-0.25, -0.2) is 5.43 Å². The molecule has 3 aromatic rings. The molecule has 9 heteroatoms. The van der Waals surface area contributed by atoms with Gasteiger partial charge in [-0.3, -0.25) is 19.7 Å². The van der Waals surface area contributed by atoms with Crippen molar-refractivity contribution in [3.05, 3.63) is 109 Å². The maximum atomic E-state index is 12.6. The summed E-state index contributed by atoms with van der Waals surface area (Å²) in [4.78, 5) is 35.0. The van der Waals surface area contributed by atoms with Gasteiger partial charge in [0.25, 0.3) is 17.2 Å². The van der Waals surface area contributed by atoms with E-state index in [2.05, 4.69) is 10.5 Å². The maximum absolute atomic E-state index is 12.6. The van der Waals surface area contributed by atoms with E-state index in [-0.39, 0.29) is 17.8 Å². The molecule has 2 aromatic carbocycles. The SMILES string of the molecule is O=C(N/N=C\c1ccc([N+](=O)[O-])cc1)c1cccn(Cc2cccc(Cl)c2)c1=O. The quantitative estimate of drug-likeness (QED) is 0.382. The Morgan fingerprint density at radius 1 is 1.17 bits per heavy atom. The number of nitro benzene ring substituents is 1. The number of halogens is 1. The molecule has 1 amide bonds. The Bertz CT molecular complexity index is 1140. The highest BCUT2D eigenvalue weighted by molar-refractivity contribution is 6.30. The zero-order chi connectivity index (χ0) is 20.8. The lowest BCUT2D eigenvalue weighted by Gasteiger charge is -2.08. The van der Waals surface area contributed by atoms with E-state index in [1.807, 2.05) is 6.07 Å². The fraction of sp³-hybridized carbons (Fsp3) is 0.0500. The molecule has 29 heavy (non-hydrogen) atoms. The van der Waals surface area contributed by atoms with E-state index >= 15 is 0 Å². The number of hydrogen-bond acceptors (Lipinski definition) is 5. The number of nitrogens with zero attached hydrogens (tertiary/aromatic N) is 3. The summed E-state index contributed by atoms with van der Waals surface area (Å²) in [5, 5.41) is 15.0. The molecule has 146 valence electrons. The number of nitro groups is 1. The Kier molecular flexibility index (Phi) is 6.16. The number of aromatic nitrogens is 1. The second-order valence-corrected chi connectivity index (χ2v) is 6.47. The third-order valence-electron chi connectivity index (χ3n) is 3.99. The van der Waals surface area contributed by atoms with Crippen molar-refractivity contribution in [2.24, 2.45) is 5.10 Å². The van der Waals surface area contributed by atoms with E-state index in [4.69, 9.17) is 11.6 Å². The largest absolute Gasteiger partial charge is 0.310 e. The van der Waals surface area contributed by atoms with Crippen molar-refractivity contribution < 1.29 is 9.72 Å². The zero-order valence-electron chi connectivity index (χ0n) is 15.0. The van der Waals surface area contributed by atoms with Crippen LogP contribution < -0.4 is 11.0 Å². The molecule has 0 atom stereocenters. The van der Waals surface area contributed by atoms with Crippen LogP contribution >= 0.6 is 11.6 Å². The zero-order valence-corrected chi connectivity index (χ0v) is 15.7. The van der Waals surface area contributed by atoms with Crippen LogP contribution in [0.4, 0.5) is 5.69 Å². The van der Waals surface area contributed by atoms with Gasteiger partial charge in [-0.1, -0.05) is 23.7 Å². The van der Waals surface area contributed by atoms with Crippen molar-refractivity contribution in [3.8, 4) is 0 Å². The minimum absolute atomic E-state index is 0.0456. The lowest BCUT2D eigenvalue weighted by molar-refractivity contribution is -0.384. The monoisotopic (exact) mass is 410 g/mol. The lowest BCUT2D eigenvalue weighted by Crippen LogP contribution is -2.30. The van der Waals surface area contributed by atoms with E-state index in [1.165, 1.54) is 41.1 Å². The Hall–Kier alpha value is -3.78. The first-order valence-electron chi connectivity index (χ1n) is 8.46. The smallest absolute Gasteiger partial charge is 0.276 e. The van der Waals surface area contributed by atoms with Crippen molar-refractivity contribution in [2.75, 3.05) is 0 Å². The first-order chi connectivity index (χ1) is 13.9. The van der Waals surface area contributed by atoms with Crippen molar-refractivity contribution in [1.82, 2.24) is 9.99 Å². The number of carbonyl (C=O) groups is 1. The molecule has 0 aliphatic carbocycles. The average molecular weight is 411 g/mol. The van der Waals surface area contributed by atoms with Crippen LogP contribution in [0.3, 0.4) is 0 Å². The minimum atomic E-state index is -0.659. The number of hydrogen-bond donors (Lipinski definition) is 1. The van der Waals surface area contributed by atoms with Crippen LogP contribution in [0.1, 0.15) is 21.5 Å². The average Bonchev–Trinajstić information content (AvgIpc) is 2.70.